The molecule has 1 amide bonds. The van der Waals surface area contributed by atoms with Crippen molar-refractivity contribution in [1.29, 1.82) is 0 Å². The molecule has 0 bridgehead atoms. The van der Waals surface area contributed by atoms with Crippen LogP contribution in [-0.2, 0) is 9.59 Å². The third kappa shape index (κ3) is 8.16. The van der Waals surface area contributed by atoms with Crippen molar-refractivity contribution in [1.82, 2.24) is 10.9 Å². The maximum Gasteiger partial charge on any atom is 0.320 e. The third-order valence-corrected chi connectivity index (χ3v) is 1.99. The predicted octanol–water partition coefficient (Wildman–Crippen LogP) is -1.46. The minimum absolute atomic E-state index is 0.0926. The molecule has 0 unspecified atom stereocenters. The van der Waals surface area contributed by atoms with Gasteiger partial charge in [-0.05, 0) is 19.4 Å². The summed E-state index contributed by atoms with van der Waals surface area (Å²) in [6, 6.07) is -0.716. The molecule has 0 aromatic carbocycles. The summed E-state index contributed by atoms with van der Waals surface area (Å²) < 4.78 is 0. The van der Waals surface area contributed by atoms with Crippen molar-refractivity contribution in [2.45, 2.75) is 31.7 Å². The first-order chi connectivity index (χ1) is 7.57. The van der Waals surface area contributed by atoms with Gasteiger partial charge in [-0.1, -0.05) is 6.42 Å². The van der Waals surface area contributed by atoms with E-state index in [2.05, 4.69) is 10.9 Å². The van der Waals surface area contributed by atoms with Crippen molar-refractivity contribution < 1.29 is 14.7 Å². The number of carboxylic acids is 1. The van der Waals surface area contributed by atoms with Crippen molar-refractivity contribution in [3.05, 3.63) is 0 Å². The van der Waals surface area contributed by atoms with E-state index in [1.807, 2.05) is 0 Å². The quantitative estimate of drug-likeness (QED) is 0.368. The SMILES string of the molecule is NCCCC[C@H](N)C(=O)O.O=C1CCNN1. The van der Waals surface area contributed by atoms with E-state index in [-0.39, 0.29) is 5.91 Å². The van der Waals surface area contributed by atoms with Gasteiger partial charge in [0.25, 0.3) is 0 Å². The lowest BCUT2D eigenvalue weighted by Gasteiger charge is -2.03. The number of carboxylic acid groups (broad SMARTS) is 1. The van der Waals surface area contributed by atoms with Gasteiger partial charge in [0.15, 0.2) is 0 Å². The van der Waals surface area contributed by atoms with E-state index in [9.17, 15) is 9.59 Å². The molecular weight excluding hydrogens is 212 g/mol. The molecule has 1 heterocycles. The van der Waals surface area contributed by atoms with Crippen LogP contribution >= 0.6 is 0 Å². The van der Waals surface area contributed by atoms with Crippen molar-refractivity contribution in [3.63, 3.8) is 0 Å². The molecule has 7 nitrogen and oxygen atoms in total. The van der Waals surface area contributed by atoms with E-state index in [0.29, 0.717) is 19.4 Å². The van der Waals surface area contributed by atoms with Gasteiger partial charge >= 0.3 is 5.97 Å². The van der Waals surface area contributed by atoms with Crippen LogP contribution in [0, 0.1) is 0 Å². The number of hydrogen-bond donors (Lipinski definition) is 5. The fourth-order valence-corrected chi connectivity index (χ4v) is 1.03. The molecule has 94 valence electrons. The van der Waals surface area contributed by atoms with Crippen LogP contribution in [0.1, 0.15) is 25.7 Å². The van der Waals surface area contributed by atoms with Gasteiger partial charge in [-0.2, -0.15) is 0 Å². The molecule has 1 aliphatic heterocycles. The summed E-state index contributed by atoms with van der Waals surface area (Å²) in [4.78, 5) is 20.2. The van der Waals surface area contributed by atoms with Gasteiger partial charge in [0.2, 0.25) is 5.91 Å². The third-order valence-electron chi connectivity index (χ3n) is 1.99. The highest BCUT2D eigenvalue weighted by Crippen LogP contribution is 1.96. The molecule has 7 heteroatoms. The van der Waals surface area contributed by atoms with Gasteiger partial charge in [0.1, 0.15) is 6.04 Å². The summed E-state index contributed by atoms with van der Waals surface area (Å²) in [6.07, 6.45) is 2.79. The van der Waals surface area contributed by atoms with Gasteiger partial charge in [-0.15, -0.1) is 0 Å². The molecule has 7 N–H and O–H groups in total. The Hall–Kier alpha value is -1.18. The maximum atomic E-state index is 10.1. The highest BCUT2D eigenvalue weighted by atomic mass is 16.4. The number of hydrogen-bond acceptors (Lipinski definition) is 5. The van der Waals surface area contributed by atoms with E-state index in [1.54, 1.807) is 0 Å². The maximum absolute atomic E-state index is 10.1. The number of aliphatic carboxylic acids is 1. The van der Waals surface area contributed by atoms with E-state index >= 15 is 0 Å². The lowest BCUT2D eigenvalue weighted by molar-refractivity contribution is -0.138. The van der Waals surface area contributed by atoms with Gasteiger partial charge in [-0.3, -0.25) is 15.0 Å². The number of nitrogens with one attached hydrogen (secondary N) is 2. The zero-order chi connectivity index (χ0) is 12.4. The van der Waals surface area contributed by atoms with Gasteiger partial charge < -0.3 is 16.6 Å². The number of carbonyl (C=O) groups excluding carboxylic acids is 1. The Morgan fingerprint density at radius 3 is 2.50 bits per heavy atom. The molecule has 1 rings (SSSR count). The Kier molecular flexibility index (Phi) is 8.41. The summed E-state index contributed by atoms with van der Waals surface area (Å²) in [5, 5.41) is 8.33. The lowest BCUT2D eigenvalue weighted by Crippen LogP contribution is -2.29. The molecule has 1 aliphatic rings. The number of rotatable bonds is 5. The molecule has 1 atom stereocenters. The number of nitrogens with two attached hydrogens (primary N) is 2. The molecule has 1 fully saturated rings. The lowest BCUT2D eigenvalue weighted by atomic mass is 10.1. The van der Waals surface area contributed by atoms with E-state index < -0.39 is 12.0 Å². The molecular formula is C9H20N4O3. The zero-order valence-corrected chi connectivity index (χ0v) is 9.24. The number of amides is 1. The van der Waals surface area contributed by atoms with Gasteiger partial charge in [-0.25, -0.2) is 5.43 Å². The Balaban J connectivity index is 0.000000315. The van der Waals surface area contributed by atoms with Crippen LogP contribution in [0.15, 0.2) is 0 Å². The average molecular weight is 232 g/mol. The minimum atomic E-state index is -0.933. The largest absolute Gasteiger partial charge is 0.480 e. The van der Waals surface area contributed by atoms with Crippen LogP contribution in [0.3, 0.4) is 0 Å². The topological polar surface area (TPSA) is 130 Å². The highest BCUT2D eigenvalue weighted by molar-refractivity contribution is 5.77. The normalized spacial score (nSPS) is 16.0. The summed E-state index contributed by atoms with van der Waals surface area (Å²) in [5.41, 5.74) is 15.5. The highest BCUT2D eigenvalue weighted by Gasteiger charge is 2.09. The number of carbonyl (C=O) groups is 2. The summed E-state index contributed by atoms with van der Waals surface area (Å²) in [7, 11) is 0. The second kappa shape index (κ2) is 9.08. The van der Waals surface area contributed by atoms with Crippen LogP contribution in [0.5, 0.6) is 0 Å². The second-order valence-corrected chi connectivity index (χ2v) is 3.45. The Bertz CT molecular complexity index is 215. The molecule has 0 saturated carbocycles. The molecule has 0 aliphatic carbocycles. The van der Waals surface area contributed by atoms with Crippen LogP contribution in [0.4, 0.5) is 0 Å². The van der Waals surface area contributed by atoms with E-state index in [4.69, 9.17) is 16.6 Å². The van der Waals surface area contributed by atoms with Crippen molar-refractivity contribution in [2.24, 2.45) is 11.5 Å². The summed E-state index contributed by atoms with van der Waals surface area (Å²) in [6.45, 7) is 1.38. The van der Waals surface area contributed by atoms with Crippen LogP contribution in [-0.4, -0.2) is 36.1 Å². The van der Waals surface area contributed by atoms with Crippen LogP contribution in [0.2, 0.25) is 0 Å². The number of unbranched alkanes of at least 4 members (excludes halogenated alkanes) is 1. The average Bonchev–Trinajstić information content (AvgIpc) is 2.70. The molecule has 0 radical (unpaired) electrons. The first-order valence-electron chi connectivity index (χ1n) is 5.28. The molecule has 16 heavy (non-hydrogen) atoms. The molecule has 0 spiro atoms. The fraction of sp³-hybridized carbons (Fsp3) is 0.778. The zero-order valence-electron chi connectivity index (χ0n) is 9.24. The monoisotopic (exact) mass is 232 g/mol. The smallest absolute Gasteiger partial charge is 0.320 e. The Morgan fingerprint density at radius 1 is 1.50 bits per heavy atom. The first-order valence-corrected chi connectivity index (χ1v) is 5.28. The van der Waals surface area contributed by atoms with E-state index in [0.717, 1.165) is 19.4 Å². The molecule has 1 saturated heterocycles. The van der Waals surface area contributed by atoms with E-state index in [1.165, 1.54) is 0 Å². The van der Waals surface area contributed by atoms with Gasteiger partial charge in [0.05, 0.1) is 0 Å². The van der Waals surface area contributed by atoms with Crippen molar-refractivity contribution in [2.75, 3.05) is 13.1 Å². The Morgan fingerprint density at radius 2 is 2.19 bits per heavy atom. The van der Waals surface area contributed by atoms with Crippen LogP contribution in [0.25, 0.3) is 0 Å². The van der Waals surface area contributed by atoms with Crippen molar-refractivity contribution in [3.8, 4) is 0 Å². The number of hydrazine groups is 1. The summed E-state index contributed by atoms with van der Waals surface area (Å²) >= 11 is 0. The minimum Gasteiger partial charge on any atom is -0.480 e. The van der Waals surface area contributed by atoms with Crippen LogP contribution < -0.4 is 22.3 Å². The molecule has 0 aromatic rings. The van der Waals surface area contributed by atoms with Gasteiger partial charge in [0, 0.05) is 13.0 Å². The second-order valence-electron chi connectivity index (χ2n) is 3.45. The van der Waals surface area contributed by atoms with Crippen molar-refractivity contribution >= 4 is 11.9 Å². The Labute approximate surface area is 94.5 Å². The first kappa shape index (κ1) is 14.8. The molecule has 0 aromatic heterocycles. The standard InChI is InChI=1S/C6H14N2O2.C3H6N2O/c7-4-2-1-3-5(8)6(9)10;6-3-1-2-4-5-3/h5H,1-4,7-8H2,(H,9,10);4H,1-2H2,(H,5,6)/t5-;/m0./s1. The predicted molar refractivity (Wildman–Crippen MR) is 59.3 cm³/mol. The fourth-order valence-electron chi connectivity index (χ4n) is 1.03. The summed E-state index contributed by atoms with van der Waals surface area (Å²) in [5.74, 6) is -0.841.